The van der Waals surface area contributed by atoms with Crippen molar-refractivity contribution in [2.24, 2.45) is 0 Å². The van der Waals surface area contributed by atoms with Gasteiger partial charge in [-0.1, -0.05) is 72.3 Å². The molecule has 29 heavy (non-hydrogen) atoms. The smallest absolute Gasteiger partial charge is 0.195 e. The largest absolute Gasteiger partial charge is 0.548 e. The summed E-state index contributed by atoms with van der Waals surface area (Å²) >= 11 is 6.05. The number of hydrogen-bond acceptors (Lipinski definition) is 5. The van der Waals surface area contributed by atoms with E-state index in [9.17, 15) is 19.5 Å². The Morgan fingerprint density at radius 3 is 2.03 bits per heavy atom. The van der Waals surface area contributed by atoms with Crippen LogP contribution in [0.5, 0.6) is 0 Å². The first-order valence-electron chi connectivity index (χ1n) is 8.90. The molecule has 0 saturated carbocycles. The van der Waals surface area contributed by atoms with Crippen molar-refractivity contribution in [3.63, 3.8) is 0 Å². The van der Waals surface area contributed by atoms with Gasteiger partial charge in [-0.2, -0.15) is 0 Å². The first-order valence-corrected chi connectivity index (χ1v) is 9.28. The van der Waals surface area contributed by atoms with E-state index in [0.29, 0.717) is 16.1 Å². The Balaban J connectivity index is 1.88. The van der Waals surface area contributed by atoms with Crippen LogP contribution in [-0.4, -0.2) is 23.6 Å². The summed E-state index contributed by atoms with van der Waals surface area (Å²) in [6.45, 7) is 0. The second kappa shape index (κ2) is 9.17. The van der Waals surface area contributed by atoms with Crippen molar-refractivity contribution in [2.45, 2.75) is 12.5 Å². The number of nitrogens with one attached hydrogen (secondary N) is 1. The molecule has 3 aromatic rings. The van der Waals surface area contributed by atoms with Gasteiger partial charge in [-0.05, 0) is 18.2 Å². The lowest BCUT2D eigenvalue weighted by atomic mass is 9.99. The highest BCUT2D eigenvalue weighted by atomic mass is 35.5. The minimum Gasteiger partial charge on any atom is -0.548 e. The summed E-state index contributed by atoms with van der Waals surface area (Å²) in [6, 6.07) is 20.1. The highest BCUT2D eigenvalue weighted by molar-refractivity contribution is 6.31. The average Bonchev–Trinajstić information content (AvgIpc) is 2.75. The monoisotopic (exact) mass is 406 g/mol. The Hall–Kier alpha value is -3.44. The third kappa shape index (κ3) is 5.09. The molecule has 1 atom stereocenters. The zero-order valence-corrected chi connectivity index (χ0v) is 16.1. The molecule has 0 aliphatic rings. The van der Waals surface area contributed by atoms with Gasteiger partial charge in [0, 0.05) is 33.8 Å². The predicted molar refractivity (Wildman–Crippen MR) is 109 cm³/mol. The van der Waals surface area contributed by atoms with E-state index in [4.69, 9.17) is 11.6 Å². The first-order chi connectivity index (χ1) is 14.0. The highest BCUT2D eigenvalue weighted by Gasteiger charge is 2.20. The Kier molecular flexibility index (Phi) is 6.42. The van der Waals surface area contributed by atoms with Gasteiger partial charge in [0.05, 0.1) is 12.0 Å². The topological polar surface area (TPSA) is 86.3 Å². The summed E-state index contributed by atoms with van der Waals surface area (Å²) in [5, 5.41) is 14.7. The Morgan fingerprint density at radius 2 is 1.45 bits per heavy atom. The van der Waals surface area contributed by atoms with Crippen molar-refractivity contribution >= 4 is 34.8 Å². The summed E-state index contributed by atoms with van der Waals surface area (Å²) in [5.74, 6) is -2.11. The summed E-state index contributed by atoms with van der Waals surface area (Å²) in [4.78, 5) is 37.0. The van der Waals surface area contributed by atoms with Gasteiger partial charge < -0.3 is 15.2 Å². The van der Waals surface area contributed by atoms with Gasteiger partial charge in [-0.3, -0.25) is 9.59 Å². The fourth-order valence-electron chi connectivity index (χ4n) is 2.88. The summed E-state index contributed by atoms with van der Waals surface area (Å²) in [5.41, 5.74) is 1.31. The maximum Gasteiger partial charge on any atom is 0.195 e. The third-order valence-electron chi connectivity index (χ3n) is 4.36. The van der Waals surface area contributed by atoms with Crippen LogP contribution >= 0.6 is 11.6 Å². The molecule has 146 valence electrons. The van der Waals surface area contributed by atoms with E-state index in [1.807, 2.05) is 0 Å². The SMILES string of the molecule is O=C(C[C@H](Nc1ccc(Cl)cc1C(=O)c1ccccc1)C(=O)[O-])c1ccccc1. The average molecular weight is 407 g/mol. The van der Waals surface area contributed by atoms with Crippen LogP contribution in [0.25, 0.3) is 0 Å². The van der Waals surface area contributed by atoms with Crippen LogP contribution in [0, 0.1) is 0 Å². The van der Waals surface area contributed by atoms with Gasteiger partial charge in [-0.25, -0.2) is 0 Å². The van der Waals surface area contributed by atoms with Gasteiger partial charge in [0.1, 0.15) is 0 Å². The second-order valence-corrected chi connectivity index (χ2v) is 6.83. The molecule has 3 rings (SSSR count). The van der Waals surface area contributed by atoms with Crippen molar-refractivity contribution in [3.05, 3.63) is 101 Å². The van der Waals surface area contributed by atoms with Crippen LogP contribution in [0.3, 0.4) is 0 Å². The number of ketones is 2. The number of hydrogen-bond donors (Lipinski definition) is 1. The lowest BCUT2D eigenvalue weighted by Crippen LogP contribution is -2.42. The van der Waals surface area contributed by atoms with Crippen LogP contribution in [0.4, 0.5) is 5.69 Å². The minimum atomic E-state index is -1.44. The van der Waals surface area contributed by atoms with E-state index in [2.05, 4.69) is 5.32 Å². The number of carbonyl (C=O) groups is 3. The quantitative estimate of drug-likeness (QED) is 0.579. The van der Waals surface area contributed by atoms with Gasteiger partial charge in [0.15, 0.2) is 11.6 Å². The predicted octanol–water partition coefficient (Wildman–Crippen LogP) is 3.37. The molecule has 0 bridgehead atoms. The maximum absolute atomic E-state index is 12.9. The van der Waals surface area contributed by atoms with E-state index in [1.165, 1.54) is 18.2 Å². The van der Waals surface area contributed by atoms with Crippen LogP contribution in [0.2, 0.25) is 5.02 Å². The molecular weight excluding hydrogens is 390 g/mol. The number of halogens is 1. The van der Waals surface area contributed by atoms with Crippen molar-refractivity contribution in [1.29, 1.82) is 0 Å². The summed E-state index contributed by atoms with van der Waals surface area (Å²) < 4.78 is 0. The van der Waals surface area contributed by atoms with E-state index in [0.717, 1.165) is 0 Å². The van der Waals surface area contributed by atoms with E-state index >= 15 is 0 Å². The zero-order valence-electron chi connectivity index (χ0n) is 15.3. The molecule has 0 spiro atoms. The van der Waals surface area contributed by atoms with Crippen LogP contribution in [0.1, 0.15) is 32.7 Å². The van der Waals surface area contributed by atoms with E-state index in [-0.39, 0.29) is 29.2 Å². The molecule has 0 unspecified atom stereocenters. The molecule has 5 nitrogen and oxygen atoms in total. The van der Waals surface area contributed by atoms with Crippen LogP contribution in [0.15, 0.2) is 78.9 Å². The zero-order chi connectivity index (χ0) is 20.8. The van der Waals surface area contributed by atoms with E-state index < -0.39 is 12.0 Å². The number of rotatable bonds is 8. The highest BCUT2D eigenvalue weighted by Crippen LogP contribution is 2.25. The lowest BCUT2D eigenvalue weighted by molar-refractivity contribution is -0.306. The number of carboxylic acids is 1. The number of carbonyl (C=O) groups excluding carboxylic acids is 3. The van der Waals surface area contributed by atoms with Gasteiger partial charge >= 0.3 is 0 Å². The molecular formula is C23H17ClNO4-. The Labute approximate surface area is 173 Å². The molecule has 0 aliphatic carbocycles. The lowest BCUT2D eigenvalue weighted by Gasteiger charge is -2.22. The molecule has 0 amide bonds. The fraction of sp³-hybridized carbons (Fsp3) is 0.0870. The van der Waals surface area contributed by atoms with Crippen molar-refractivity contribution in [2.75, 3.05) is 5.32 Å². The maximum atomic E-state index is 12.9. The molecule has 6 heteroatoms. The molecule has 1 N–H and O–H groups in total. The summed E-state index contributed by atoms with van der Waals surface area (Å²) in [6.07, 6.45) is -0.325. The van der Waals surface area contributed by atoms with E-state index in [1.54, 1.807) is 60.7 Å². The fourth-order valence-corrected chi connectivity index (χ4v) is 3.06. The van der Waals surface area contributed by atoms with Crippen molar-refractivity contribution < 1.29 is 19.5 Å². The van der Waals surface area contributed by atoms with Crippen LogP contribution in [-0.2, 0) is 4.79 Å². The number of Topliss-reactive ketones (excluding diaryl/α,β-unsaturated/α-hetero) is 1. The van der Waals surface area contributed by atoms with Gasteiger partial charge in [0.25, 0.3) is 0 Å². The Bertz CT molecular complexity index is 1040. The molecule has 0 aromatic heterocycles. The normalized spacial score (nSPS) is 11.5. The Morgan fingerprint density at radius 1 is 0.862 bits per heavy atom. The number of anilines is 1. The van der Waals surface area contributed by atoms with Gasteiger partial charge in [0.2, 0.25) is 0 Å². The number of aliphatic carboxylic acids is 1. The van der Waals surface area contributed by atoms with Gasteiger partial charge in [-0.15, -0.1) is 0 Å². The third-order valence-corrected chi connectivity index (χ3v) is 4.60. The summed E-state index contributed by atoms with van der Waals surface area (Å²) in [7, 11) is 0. The van der Waals surface area contributed by atoms with Crippen LogP contribution < -0.4 is 10.4 Å². The molecule has 3 aromatic carbocycles. The minimum absolute atomic E-state index is 0.210. The van der Waals surface area contributed by atoms with Crippen molar-refractivity contribution in [3.8, 4) is 0 Å². The van der Waals surface area contributed by atoms with Crippen molar-refractivity contribution in [1.82, 2.24) is 0 Å². The number of benzene rings is 3. The molecule has 0 saturated heterocycles. The number of carboxylic acid groups (broad SMARTS) is 1. The second-order valence-electron chi connectivity index (χ2n) is 6.39. The first kappa shape index (κ1) is 20.3. The molecule has 0 aliphatic heterocycles. The standard InChI is InChI=1S/C23H18ClNO4/c24-17-11-12-19(18(13-17)22(27)16-9-5-2-6-10-16)25-20(23(28)29)14-21(26)15-7-3-1-4-8-15/h1-13,20,25H,14H2,(H,28,29)/p-1/t20-/m0/s1. The molecule has 0 heterocycles. The molecule has 0 radical (unpaired) electrons. The molecule has 0 fully saturated rings.